The van der Waals surface area contributed by atoms with Crippen molar-refractivity contribution in [2.45, 2.75) is 12.5 Å². The Labute approximate surface area is 99.8 Å². The third-order valence-corrected chi connectivity index (χ3v) is 4.19. The molecule has 0 amide bonds. The topological polar surface area (TPSA) is 79.4 Å². The number of carbonyl (C=O) groups excluding carboxylic acids is 1. The van der Waals surface area contributed by atoms with Crippen LogP contribution in [0.25, 0.3) is 0 Å². The summed E-state index contributed by atoms with van der Waals surface area (Å²) in [7, 11) is -3.49. The minimum absolute atomic E-state index is 0.200. The Balaban J connectivity index is 1.98. The van der Waals surface area contributed by atoms with Crippen molar-refractivity contribution in [3.63, 3.8) is 0 Å². The summed E-state index contributed by atoms with van der Waals surface area (Å²) in [6, 6.07) is 3.06. The molecule has 2 rings (SSSR count). The first-order chi connectivity index (χ1) is 8.12. The maximum Gasteiger partial charge on any atom is 0.280 e. The second-order valence-electron chi connectivity index (χ2n) is 3.83. The lowest BCUT2D eigenvalue weighted by Gasteiger charge is -2.12. The molecule has 0 radical (unpaired) electrons. The lowest BCUT2D eigenvalue weighted by atomic mass is 10.2. The maximum atomic E-state index is 11.6. The predicted molar refractivity (Wildman–Crippen MR) is 61.4 cm³/mol. The van der Waals surface area contributed by atoms with E-state index in [4.69, 9.17) is 0 Å². The average Bonchev–Trinajstić information content (AvgIpc) is 2.63. The lowest BCUT2D eigenvalue weighted by molar-refractivity contribution is -0.109. The van der Waals surface area contributed by atoms with E-state index in [0.717, 1.165) is 5.56 Å². The zero-order chi connectivity index (χ0) is 12.3. The molecule has 1 fully saturated rings. The molecule has 7 heteroatoms. The predicted octanol–water partition coefficient (Wildman–Crippen LogP) is -0.658. The normalized spacial score (nSPS) is 23.6. The second kappa shape index (κ2) is 4.91. The van der Waals surface area contributed by atoms with Crippen LogP contribution in [0.5, 0.6) is 0 Å². The first-order valence-electron chi connectivity index (χ1n) is 5.23. The van der Waals surface area contributed by atoms with E-state index in [1.54, 1.807) is 18.5 Å². The molecule has 0 bridgehead atoms. The molecule has 1 aromatic rings. The summed E-state index contributed by atoms with van der Waals surface area (Å²) in [6.07, 6.45) is 4.56. The van der Waals surface area contributed by atoms with Gasteiger partial charge in [-0.25, -0.2) is 0 Å². The molecule has 0 aliphatic carbocycles. The summed E-state index contributed by atoms with van der Waals surface area (Å²) >= 11 is 0. The zero-order valence-corrected chi connectivity index (χ0v) is 9.93. The SMILES string of the molecule is O=CC1CN(CCc2cccnc2)S(=O)(=O)N1. The third kappa shape index (κ3) is 2.87. The van der Waals surface area contributed by atoms with E-state index in [1.807, 2.05) is 6.07 Å². The van der Waals surface area contributed by atoms with Gasteiger partial charge in [0.05, 0.1) is 6.04 Å². The molecule has 2 heterocycles. The number of carbonyl (C=O) groups is 1. The summed E-state index contributed by atoms with van der Waals surface area (Å²) in [4.78, 5) is 14.5. The summed E-state index contributed by atoms with van der Waals surface area (Å²) in [5, 5.41) is 0. The molecule has 1 N–H and O–H groups in total. The van der Waals surface area contributed by atoms with Crippen molar-refractivity contribution in [2.24, 2.45) is 0 Å². The number of aromatic nitrogens is 1. The molecule has 0 spiro atoms. The number of rotatable bonds is 4. The lowest BCUT2D eigenvalue weighted by Crippen LogP contribution is -2.31. The highest BCUT2D eigenvalue weighted by atomic mass is 32.2. The van der Waals surface area contributed by atoms with Crippen molar-refractivity contribution in [3.8, 4) is 0 Å². The van der Waals surface area contributed by atoms with Gasteiger partial charge in [0.15, 0.2) is 0 Å². The van der Waals surface area contributed by atoms with Gasteiger partial charge in [-0.15, -0.1) is 0 Å². The minimum Gasteiger partial charge on any atom is -0.302 e. The van der Waals surface area contributed by atoms with E-state index < -0.39 is 16.3 Å². The summed E-state index contributed by atoms with van der Waals surface area (Å²) in [6.45, 7) is 0.553. The van der Waals surface area contributed by atoms with Crippen LogP contribution in [0.4, 0.5) is 0 Å². The quantitative estimate of drug-likeness (QED) is 0.724. The van der Waals surface area contributed by atoms with E-state index in [0.29, 0.717) is 19.3 Å². The van der Waals surface area contributed by atoms with Crippen LogP contribution >= 0.6 is 0 Å². The average molecular weight is 255 g/mol. The molecular formula is C10H13N3O3S. The Kier molecular flexibility index (Phi) is 3.51. The van der Waals surface area contributed by atoms with Crippen molar-refractivity contribution in [1.82, 2.24) is 14.0 Å². The van der Waals surface area contributed by atoms with E-state index in [-0.39, 0.29) is 6.54 Å². The largest absolute Gasteiger partial charge is 0.302 e. The Bertz CT molecular complexity index is 489. The Hall–Kier alpha value is -1.31. The highest BCUT2D eigenvalue weighted by molar-refractivity contribution is 7.87. The Morgan fingerprint density at radius 2 is 2.41 bits per heavy atom. The summed E-state index contributed by atoms with van der Waals surface area (Å²) in [5.74, 6) is 0. The van der Waals surface area contributed by atoms with Crippen molar-refractivity contribution in [1.29, 1.82) is 0 Å². The number of aldehydes is 1. The van der Waals surface area contributed by atoms with Crippen LogP contribution in [0.2, 0.25) is 0 Å². The highest BCUT2D eigenvalue weighted by Crippen LogP contribution is 2.10. The van der Waals surface area contributed by atoms with E-state index >= 15 is 0 Å². The van der Waals surface area contributed by atoms with Crippen LogP contribution in [0.15, 0.2) is 24.5 Å². The number of hydrogen-bond acceptors (Lipinski definition) is 4. The molecule has 1 saturated heterocycles. The molecule has 0 saturated carbocycles. The maximum absolute atomic E-state index is 11.6. The first kappa shape index (κ1) is 12.2. The Morgan fingerprint density at radius 1 is 1.59 bits per heavy atom. The van der Waals surface area contributed by atoms with E-state index in [9.17, 15) is 13.2 Å². The molecule has 1 aliphatic rings. The second-order valence-corrected chi connectivity index (χ2v) is 5.54. The fourth-order valence-electron chi connectivity index (χ4n) is 1.70. The molecule has 0 aromatic carbocycles. The fourth-order valence-corrected chi connectivity index (χ4v) is 3.05. The first-order valence-corrected chi connectivity index (χ1v) is 6.67. The van der Waals surface area contributed by atoms with Crippen LogP contribution in [-0.2, 0) is 21.4 Å². The molecule has 17 heavy (non-hydrogen) atoms. The number of pyridine rings is 1. The van der Waals surface area contributed by atoms with Gasteiger partial charge in [-0.05, 0) is 18.1 Å². The summed E-state index contributed by atoms with van der Waals surface area (Å²) in [5.41, 5.74) is 0.970. The van der Waals surface area contributed by atoms with Gasteiger partial charge in [0.2, 0.25) is 0 Å². The number of nitrogens with one attached hydrogen (secondary N) is 1. The van der Waals surface area contributed by atoms with Gasteiger partial charge in [0.25, 0.3) is 10.2 Å². The van der Waals surface area contributed by atoms with Crippen molar-refractivity contribution in [2.75, 3.05) is 13.1 Å². The van der Waals surface area contributed by atoms with Gasteiger partial charge in [-0.1, -0.05) is 6.07 Å². The monoisotopic (exact) mass is 255 g/mol. The van der Waals surface area contributed by atoms with Gasteiger partial charge in [0.1, 0.15) is 6.29 Å². The third-order valence-electron chi connectivity index (χ3n) is 2.58. The molecular weight excluding hydrogens is 242 g/mol. The zero-order valence-electron chi connectivity index (χ0n) is 9.11. The van der Waals surface area contributed by atoms with Crippen LogP contribution in [0, 0.1) is 0 Å². The highest BCUT2D eigenvalue weighted by Gasteiger charge is 2.34. The van der Waals surface area contributed by atoms with E-state index in [2.05, 4.69) is 9.71 Å². The van der Waals surface area contributed by atoms with Gasteiger partial charge < -0.3 is 4.79 Å². The molecule has 1 atom stereocenters. The van der Waals surface area contributed by atoms with Crippen molar-refractivity contribution in [3.05, 3.63) is 30.1 Å². The van der Waals surface area contributed by atoms with Crippen LogP contribution in [-0.4, -0.2) is 43.1 Å². The Morgan fingerprint density at radius 3 is 3.00 bits per heavy atom. The minimum atomic E-state index is -3.49. The van der Waals surface area contributed by atoms with Crippen LogP contribution < -0.4 is 4.72 Å². The fraction of sp³-hybridized carbons (Fsp3) is 0.400. The van der Waals surface area contributed by atoms with Gasteiger partial charge in [-0.2, -0.15) is 17.4 Å². The molecule has 1 unspecified atom stereocenters. The van der Waals surface area contributed by atoms with Crippen molar-refractivity contribution < 1.29 is 13.2 Å². The number of hydrogen-bond donors (Lipinski definition) is 1. The van der Waals surface area contributed by atoms with Gasteiger partial charge in [0, 0.05) is 25.5 Å². The van der Waals surface area contributed by atoms with Gasteiger partial charge in [-0.3, -0.25) is 4.98 Å². The smallest absolute Gasteiger partial charge is 0.280 e. The molecule has 6 nitrogen and oxygen atoms in total. The molecule has 1 aliphatic heterocycles. The van der Waals surface area contributed by atoms with Crippen LogP contribution in [0.1, 0.15) is 5.56 Å². The van der Waals surface area contributed by atoms with Gasteiger partial charge >= 0.3 is 0 Å². The van der Waals surface area contributed by atoms with Crippen molar-refractivity contribution >= 4 is 16.5 Å². The number of nitrogens with zero attached hydrogens (tertiary/aromatic N) is 2. The molecule has 1 aromatic heterocycles. The summed E-state index contributed by atoms with van der Waals surface area (Å²) < 4.78 is 26.7. The van der Waals surface area contributed by atoms with E-state index in [1.165, 1.54) is 4.31 Å². The standard InChI is InChI=1S/C10H13N3O3S/c14-8-10-7-13(17(15,16)12-10)5-3-9-2-1-4-11-6-9/h1-2,4,6,8,10,12H,3,5,7H2. The molecule has 92 valence electrons. The van der Waals surface area contributed by atoms with Crippen LogP contribution in [0.3, 0.4) is 0 Å².